The summed E-state index contributed by atoms with van der Waals surface area (Å²) in [6, 6.07) is 19.3. The lowest BCUT2D eigenvalue weighted by Gasteiger charge is -2.07. The molecule has 2 heterocycles. The molecule has 4 rings (SSSR count). The maximum atomic E-state index is 12.2. The second kappa shape index (κ2) is 5.45. The summed E-state index contributed by atoms with van der Waals surface area (Å²) in [5, 5.41) is 3.59. The summed E-state index contributed by atoms with van der Waals surface area (Å²) in [4.78, 5) is 12.2. The van der Waals surface area contributed by atoms with Crippen LogP contribution < -0.4 is 5.32 Å². The largest absolute Gasteiger partial charge is 0.321 e. The quantitative estimate of drug-likeness (QED) is 0.687. The third-order valence-electron chi connectivity index (χ3n) is 3.89. The average Bonchev–Trinajstić information content (AvgIpc) is 3.14. The molecule has 0 atom stereocenters. The topological polar surface area (TPSA) is 34.0 Å². The first-order valence-electron chi connectivity index (χ1n) is 7.28. The predicted octanol–water partition coefficient (Wildman–Crippen LogP) is 4.62. The van der Waals surface area contributed by atoms with Crippen molar-refractivity contribution in [1.82, 2.24) is 4.57 Å². The van der Waals surface area contributed by atoms with Gasteiger partial charge in [-0.05, 0) is 48.5 Å². The number of nitrogens with zero attached hydrogens (tertiary/aromatic N) is 1. The van der Waals surface area contributed by atoms with Crippen molar-refractivity contribution in [1.29, 1.82) is 0 Å². The average molecular weight is 321 g/mol. The number of rotatable bonds is 2. The SMILES string of the molecule is O=C1Nc2ccccc2/C1=C\c1cccn1-c1ccc(Cl)cc1. The van der Waals surface area contributed by atoms with E-state index >= 15 is 0 Å². The van der Waals surface area contributed by atoms with Crippen LogP contribution in [0.25, 0.3) is 17.3 Å². The van der Waals surface area contributed by atoms with Gasteiger partial charge in [0.1, 0.15) is 0 Å². The van der Waals surface area contributed by atoms with Gasteiger partial charge in [0.25, 0.3) is 5.91 Å². The van der Waals surface area contributed by atoms with Crippen LogP contribution in [0.1, 0.15) is 11.3 Å². The Kier molecular flexibility index (Phi) is 3.28. The van der Waals surface area contributed by atoms with E-state index < -0.39 is 0 Å². The number of carbonyl (C=O) groups excluding carboxylic acids is 1. The fraction of sp³-hybridized carbons (Fsp3) is 0. The number of carbonyl (C=O) groups is 1. The monoisotopic (exact) mass is 320 g/mol. The highest BCUT2D eigenvalue weighted by Gasteiger charge is 2.23. The first kappa shape index (κ1) is 13.9. The van der Waals surface area contributed by atoms with E-state index in [2.05, 4.69) is 5.32 Å². The number of nitrogens with one attached hydrogen (secondary N) is 1. The summed E-state index contributed by atoms with van der Waals surface area (Å²) in [5.74, 6) is -0.0740. The molecule has 0 unspecified atom stereocenters. The zero-order valence-electron chi connectivity index (χ0n) is 12.2. The molecule has 0 fully saturated rings. The highest BCUT2D eigenvalue weighted by atomic mass is 35.5. The molecule has 1 amide bonds. The minimum Gasteiger partial charge on any atom is -0.321 e. The number of amides is 1. The van der Waals surface area contributed by atoms with Gasteiger partial charge in [-0.3, -0.25) is 4.79 Å². The Morgan fingerprint density at radius 3 is 2.57 bits per heavy atom. The Hall–Kier alpha value is -2.78. The van der Waals surface area contributed by atoms with Crippen molar-refractivity contribution in [3.63, 3.8) is 0 Å². The van der Waals surface area contributed by atoms with Crippen molar-refractivity contribution in [3.05, 3.63) is 83.1 Å². The summed E-state index contributed by atoms with van der Waals surface area (Å²) < 4.78 is 2.03. The third-order valence-corrected chi connectivity index (χ3v) is 4.14. The van der Waals surface area contributed by atoms with E-state index in [1.54, 1.807) is 0 Å². The summed E-state index contributed by atoms with van der Waals surface area (Å²) >= 11 is 5.95. The van der Waals surface area contributed by atoms with Crippen molar-refractivity contribution in [2.75, 3.05) is 5.32 Å². The second-order valence-corrected chi connectivity index (χ2v) is 5.77. The molecule has 3 nitrogen and oxygen atoms in total. The highest BCUT2D eigenvalue weighted by Crippen LogP contribution is 2.33. The van der Waals surface area contributed by atoms with Gasteiger partial charge in [0.15, 0.2) is 0 Å². The Bertz CT molecular complexity index is 923. The van der Waals surface area contributed by atoms with Crippen molar-refractivity contribution in [3.8, 4) is 5.69 Å². The Labute approximate surface area is 138 Å². The van der Waals surface area contributed by atoms with Gasteiger partial charge in [-0.15, -0.1) is 0 Å². The van der Waals surface area contributed by atoms with Gasteiger partial charge in [-0.2, -0.15) is 0 Å². The second-order valence-electron chi connectivity index (χ2n) is 5.34. The molecular formula is C19H13ClN2O. The number of fused-ring (bicyclic) bond motifs is 1. The first-order chi connectivity index (χ1) is 11.2. The van der Waals surface area contributed by atoms with Crippen molar-refractivity contribution < 1.29 is 4.79 Å². The van der Waals surface area contributed by atoms with E-state index in [9.17, 15) is 4.79 Å². The molecule has 4 heteroatoms. The molecule has 1 aliphatic heterocycles. The van der Waals surface area contributed by atoms with Gasteiger partial charge in [0.2, 0.25) is 0 Å². The molecule has 0 radical (unpaired) electrons. The number of aromatic nitrogens is 1. The maximum Gasteiger partial charge on any atom is 0.256 e. The minimum atomic E-state index is -0.0740. The summed E-state index contributed by atoms with van der Waals surface area (Å²) in [5.41, 5.74) is 4.40. The number of benzene rings is 2. The number of hydrogen-bond acceptors (Lipinski definition) is 1. The van der Waals surface area contributed by atoms with Crippen molar-refractivity contribution in [2.24, 2.45) is 0 Å². The number of halogens is 1. The fourth-order valence-electron chi connectivity index (χ4n) is 2.78. The van der Waals surface area contributed by atoms with Gasteiger partial charge in [0, 0.05) is 33.9 Å². The normalized spacial score (nSPS) is 14.8. The van der Waals surface area contributed by atoms with E-state index in [0.29, 0.717) is 10.6 Å². The van der Waals surface area contributed by atoms with Gasteiger partial charge < -0.3 is 9.88 Å². The smallest absolute Gasteiger partial charge is 0.256 e. The van der Waals surface area contributed by atoms with Gasteiger partial charge >= 0.3 is 0 Å². The van der Waals surface area contributed by atoms with Crippen LogP contribution in [0.3, 0.4) is 0 Å². The van der Waals surface area contributed by atoms with Crippen LogP contribution in [0.4, 0.5) is 5.69 Å². The third kappa shape index (κ3) is 2.45. The van der Waals surface area contributed by atoms with Crippen LogP contribution in [-0.4, -0.2) is 10.5 Å². The number of anilines is 1. The van der Waals surface area contributed by atoms with Crippen molar-refractivity contribution in [2.45, 2.75) is 0 Å². The van der Waals surface area contributed by atoms with E-state index in [-0.39, 0.29) is 5.91 Å². The summed E-state index contributed by atoms with van der Waals surface area (Å²) in [7, 11) is 0. The lowest BCUT2D eigenvalue weighted by Crippen LogP contribution is -2.04. The van der Waals surface area contributed by atoms with E-state index in [1.807, 2.05) is 77.5 Å². The van der Waals surface area contributed by atoms with E-state index in [1.165, 1.54) is 0 Å². The Morgan fingerprint density at radius 2 is 1.74 bits per heavy atom. The lowest BCUT2D eigenvalue weighted by atomic mass is 10.1. The molecule has 0 saturated carbocycles. The molecule has 0 aliphatic carbocycles. The van der Waals surface area contributed by atoms with E-state index in [4.69, 9.17) is 11.6 Å². The minimum absolute atomic E-state index is 0.0740. The molecule has 1 N–H and O–H groups in total. The zero-order chi connectivity index (χ0) is 15.8. The van der Waals surface area contributed by atoms with Gasteiger partial charge in [-0.1, -0.05) is 29.8 Å². The van der Waals surface area contributed by atoms with Crippen LogP contribution in [0.5, 0.6) is 0 Å². The van der Waals surface area contributed by atoms with Crippen LogP contribution in [0.2, 0.25) is 5.02 Å². The molecular weight excluding hydrogens is 308 g/mol. The Morgan fingerprint density at radius 1 is 0.957 bits per heavy atom. The van der Waals surface area contributed by atoms with Crippen molar-refractivity contribution >= 4 is 34.8 Å². The summed E-state index contributed by atoms with van der Waals surface area (Å²) in [6.45, 7) is 0. The standard InChI is InChI=1S/C19H13ClN2O/c20-13-7-9-14(10-8-13)22-11-3-4-15(22)12-17-16-5-1-2-6-18(16)21-19(17)23/h1-12H,(H,21,23)/b17-12+. The molecule has 1 aromatic heterocycles. The number of para-hydroxylation sites is 1. The predicted molar refractivity (Wildman–Crippen MR) is 93.7 cm³/mol. The fourth-order valence-corrected chi connectivity index (χ4v) is 2.90. The molecule has 3 aromatic rings. The lowest BCUT2D eigenvalue weighted by molar-refractivity contribution is -0.110. The zero-order valence-corrected chi connectivity index (χ0v) is 12.9. The molecule has 0 bridgehead atoms. The maximum absolute atomic E-state index is 12.2. The molecule has 0 spiro atoms. The van der Waals surface area contributed by atoms with Gasteiger partial charge in [-0.25, -0.2) is 0 Å². The van der Waals surface area contributed by atoms with E-state index in [0.717, 1.165) is 22.6 Å². The molecule has 2 aromatic carbocycles. The molecule has 112 valence electrons. The summed E-state index contributed by atoms with van der Waals surface area (Å²) in [6.07, 6.45) is 3.88. The molecule has 23 heavy (non-hydrogen) atoms. The van der Waals surface area contributed by atoms with Crippen LogP contribution in [-0.2, 0) is 4.79 Å². The molecule has 1 aliphatic rings. The van der Waals surface area contributed by atoms with Crippen LogP contribution >= 0.6 is 11.6 Å². The highest BCUT2D eigenvalue weighted by molar-refractivity contribution is 6.34. The number of hydrogen-bond donors (Lipinski definition) is 1. The molecule has 0 saturated heterocycles. The Balaban J connectivity index is 1.80. The van der Waals surface area contributed by atoms with Crippen LogP contribution in [0.15, 0.2) is 66.9 Å². The van der Waals surface area contributed by atoms with Gasteiger partial charge in [0.05, 0.1) is 5.57 Å². The first-order valence-corrected chi connectivity index (χ1v) is 7.66. The van der Waals surface area contributed by atoms with Crippen LogP contribution in [0, 0.1) is 0 Å².